The number of anilines is 2. The molecule has 1 aliphatic rings. The summed E-state index contributed by atoms with van der Waals surface area (Å²) in [4.78, 5) is 15.1. The third-order valence-electron chi connectivity index (χ3n) is 5.36. The van der Waals surface area contributed by atoms with Gasteiger partial charge in [-0.2, -0.15) is 9.97 Å². The number of β-amino-alcohol motifs (C(OH)–C–C–N with tert-alkyl or cyclic N) is 1. The summed E-state index contributed by atoms with van der Waals surface area (Å²) >= 11 is 0. The van der Waals surface area contributed by atoms with Gasteiger partial charge in [-0.25, -0.2) is 0 Å². The second-order valence-electron chi connectivity index (χ2n) is 7.28. The number of fused-ring (bicyclic) bond motifs is 1. The Hall–Kier alpha value is -3.49. The molecule has 0 amide bonds. The van der Waals surface area contributed by atoms with Gasteiger partial charge in [-0.1, -0.05) is 24.3 Å². The lowest BCUT2D eigenvalue weighted by atomic mass is 9.86. The molecule has 8 heteroatoms. The Morgan fingerprint density at radius 2 is 1.72 bits per heavy atom. The lowest BCUT2D eigenvalue weighted by molar-refractivity contribution is 0.00655. The molecule has 1 aliphatic heterocycles. The number of benzene rings is 1. The molecule has 1 saturated heterocycles. The van der Waals surface area contributed by atoms with Crippen LogP contribution in [0.15, 0.2) is 61.1 Å². The fourth-order valence-electron chi connectivity index (χ4n) is 3.71. The maximum absolute atomic E-state index is 10.9. The van der Waals surface area contributed by atoms with Crippen LogP contribution < -0.4 is 10.6 Å². The van der Waals surface area contributed by atoms with E-state index >= 15 is 0 Å². The van der Waals surface area contributed by atoms with Crippen molar-refractivity contribution in [1.82, 2.24) is 19.5 Å². The van der Waals surface area contributed by atoms with Gasteiger partial charge in [0, 0.05) is 18.6 Å². The van der Waals surface area contributed by atoms with Crippen LogP contribution >= 0.6 is 0 Å². The fraction of sp³-hybridized carbons (Fsp3) is 0.190. The molecule has 146 valence electrons. The standard InChI is InChI=1S/C21H20N6O2/c22-18-17-7-10-27(16-5-8-23-9-6-16)19(17)25-20(24-18)26-12-21(29,13-26)15-3-1-14(11-28)2-4-15/h1-10,28-29H,11-13H2,(H2,22,24,25). The second kappa shape index (κ2) is 6.54. The molecule has 1 fully saturated rings. The van der Waals surface area contributed by atoms with Gasteiger partial charge in [0.25, 0.3) is 0 Å². The third kappa shape index (κ3) is 2.89. The molecule has 0 bridgehead atoms. The first-order chi connectivity index (χ1) is 14.1. The number of pyridine rings is 1. The van der Waals surface area contributed by atoms with Gasteiger partial charge in [0.15, 0.2) is 5.65 Å². The van der Waals surface area contributed by atoms with Gasteiger partial charge in [-0.3, -0.25) is 4.98 Å². The molecule has 0 spiro atoms. The molecule has 0 saturated carbocycles. The van der Waals surface area contributed by atoms with E-state index in [1.807, 2.05) is 58.1 Å². The summed E-state index contributed by atoms with van der Waals surface area (Å²) in [6.07, 6.45) is 5.36. The summed E-state index contributed by atoms with van der Waals surface area (Å²) < 4.78 is 1.94. The number of hydrogen-bond acceptors (Lipinski definition) is 7. The Morgan fingerprint density at radius 3 is 2.41 bits per heavy atom. The van der Waals surface area contributed by atoms with Crippen LogP contribution in [0, 0.1) is 0 Å². The molecule has 4 aromatic rings. The van der Waals surface area contributed by atoms with Crippen LogP contribution in [-0.2, 0) is 12.2 Å². The van der Waals surface area contributed by atoms with Crippen LogP contribution in [0.25, 0.3) is 16.7 Å². The molecule has 29 heavy (non-hydrogen) atoms. The first-order valence-corrected chi connectivity index (χ1v) is 9.30. The molecular formula is C21H20N6O2. The molecule has 1 aromatic carbocycles. The van der Waals surface area contributed by atoms with Crippen molar-refractivity contribution in [2.45, 2.75) is 12.2 Å². The van der Waals surface area contributed by atoms with Crippen molar-refractivity contribution in [3.63, 3.8) is 0 Å². The maximum atomic E-state index is 10.9. The Bertz CT molecular complexity index is 1170. The van der Waals surface area contributed by atoms with Crippen molar-refractivity contribution in [1.29, 1.82) is 0 Å². The average Bonchev–Trinajstić information content (AvgIpc) is 3.17. The van der Waals surface area contributed by atoms with Crippen molar-refractivity contribution in [3.05, 3.63) is 72.2 Å². The minimum absolute atomic E-state index is 0.0188. The number of nitrogens with zero attached hydrogens (tertiary/aromatic N) is 5. The first-order valence-electron chi connectivity index (χ1n) is 9.30. The summed E-state index contributed by atoms with van der Waals surface area (Å²) in [6, 6.07) is 13.0. The Labute approximate surface area is 166 Å². The van der Waals surface area contributed by atoms with Gasteiger partial charge < -0.3 is 25.4 Å². The minimum Gasteiger partial charge on any atom is -0.392 e. The van der Waals surface area contributed by atoms with Crippen LogP contribution in [0.1, 0.15) is 11.1 Å². The molecule has 4 N–H and O–H groups in total. The average molecular weight is 388 g/mol. The van der Waals surface area contributed by atoms with E-state index in [2.05, 4.69) is 9.97 Å². The van der Waals surface area contributed by atoms with E-state index in [1.165, 1.54) is 0 Å². The van der Waals surface area contributed by atoms with Crippen LogP contribution in [-0.4, -0.2) is 42.8 Å². The molecule has 8 nitrogen and oxygen atoms in total. The van der Waals surface area contributed by atoms with Gasteiger partial charge in [-0.15, -0.1) is 0 Å². The molecule has 0 radical (unpaired) electrons. The zero-order valence-electron chi connectivity index (χ0n) is 15.6. The van der Waals surface area contributed by atoms with E-state index in [-0.39, 0.29) is 6.61 Å². The summed E-state index contributed by atoms with van der Waals surface area (Å²) in [7, 11) is 0. The first kappa shape index (κ1) is 17.6. The van der Waals surface area contributed by atoms with Crippen molar-refractivity contribution in [2.75, 3.05) is 23.7 Å². The molecule has 0 unspecified atom stereocenters. The summed E-state index contributed by atoms with van der Waals surface area (Å²) in [6.45, 7) is 0.716. The minimum atomic E-state index is -0.978. The van der Waals surface area contributed by atoms with E-state index in [4.69, 9.17) is 10.7 Å². The third-order valence-corrected chi connectivity index (χ3v) is 5.36. The van der Waals surface area contributed by atoms with Crippen LogP contribution in [0.5, 0.6) is 0 Å². The predicted octanol–water partition coefficient (Wildman–Crippen LogP) is 1.60. The summed E-state index contributed by atoms with van der Waals surface area (Å²) in [5.74, 6) is 0.890. The number of aliphatic hydroxyl groups excluding tert-OH is 1. The van der Waals surface area contributed by atoms with E-state index in [1.54, 1.807) is 12.4 Å². The quantitative estimate of drug-likeness (QED) is 0.487. The van der Waals surface area contributed by atoms with E-state index in [0.29, 0.717) is 30.5 Å². The van der Waals surface area contributed by atoms with Crippen molar-refractivity contribution in [3.8, 4) is 5.69 Å². The number of hydrogen-bond donors (Lipinski definition) is 3. The van der Waals surface area contributed by atoms with Gasteiger partial charge >= 0.3 is 0 Å². The fourth-order valence-corrected chi connectivity index (χ4v) is 3.71. The molecule has 5 rings (SSSR count). The Balaban J connectivity index is 1.45. The Kier molecular flexibility index (Phi) is 3.97. The van der Waals surface area contributed by atoms with E-state index in [0.717, 1.165) is 22.2 Å². The van der Waals surface area contributed by atoms with Crippen molar-refractivity contribution < 1.29 is 10.2 Å². The smallest absolute Gasteiger partial charge is 0.229 e. The molecule has 0 aliphatic carbocycles. The maximum Gasteiger partial charge on any atom is 0.229 e. The lowest BCUT2D eigenvalue weighted by Gasteiger charge is -2.46. The number of rotatable bonds is 4. The van der Waals surface area contributed by atoms with Crippen LogP contribution in [0.3, 0.4) is 0 Å². The monoisotopic (exact) mass is 388 g/mol. The predicted molar refractivity (Wildman–Crippen MR) is 110 cm³/mol. The highest BCUT2D eigenvalue weighted by molar-refractivity contribution is 5.88. The Morgan fingerprint density at radius 1 is 1.00 bits per heavy atom. The number of aliphatic hydroxyl groups is 2. The number of nitrogen functional groups attached to an aromatic ring is 1. The normalized spacial score (nSPS) is 15.4. The highest BCUT2D eigenvalue weighted by Gasteiger charge is 2.44. The number of nitrogens with two attached hydrogens (primary N) is 1. The lowest BCUT2D eigenvalue weighted by Crippen LogP contribution is -2.60. The largest absolute Gasteiger partial charge is 0.392 e. The second-order valence-corrected chi connectivity index (χ2v) is 7.28. The van der Waals surface area contributed by atoms with Crippen LogP contribution in [0.4, 0.5) is 11.8 Å². The summed E-state index contributed by atoms with van der Waals surface area (Å²) in [5.41, 5.74) is 8.47. The highest BCUT2D eigenvalue weighted by atomic mass is 16.3. The zero-order valence-corrected chi connectivity index (χ0v) is 15.6. The van der Waals surface area contributed by atoms with E-state index < -0.39 is 5.60 Å². The van der Waals surface area contributed by atoms with Gasteiger partial charge in [0.05, 0.1) is 30.8 Å². The SMILES string of the molecule is Nc1nc(N2CC(O)(c3ccc(CO)cc3)C2)nc2c1ccn2-c1ccncc1. The molecule has 3 aromatic heterocycles. The topological polar surface area (TPSA) is 113 Å². The van der Waals surface area contributed by atoms with Crippen molar-refractivity contribution >= 4 is 22.8 Å². The van der Waals surface area contributed by atoms with E-state index in [9.17, 15) is 10.2 Å². The number of aromatic nitrogens is 4. The van der Waals surface area contributed by atoms with Crippen LogP contribution in [0.2, 0.25) is 0 Å². The molecule has 4 heterocycles. The van der Waals surface area contributed by atoms with Crippen molar-refractivity contribution in [2.24, 2.45) is 0 Å². The highest BCUT2D eigenvalue weighted by Crippen LogP contribution is 2.35. The van der Waals surface area contributed by atoms with Gasteiger partial charge in [0.2, 0.25) is 5.95 Å². The zero-order chi connectivity index (χ0) is 20.0. The molecule has 0 atom stereocenters. The van der Waals surface area contributed by atoms with Gasteiger partial charge in [0.1, 0.15) is 11.4 Å². The molecular weight excluding hydrogens is 368 g/mol. The van der Waals surface area contributed by atoms with Gasteiger partial charge in [-0.05, 0) is 29.3 Å². The summed E-state index contributed by atoms with van der Waals surface area (Å²) in [5, 5.41) is 20.9.